The average Bonchev–Trinajstić information content (AvgIpc) is 3.20. The van der Waals surface area contributed by atoms with Gasteiger partial charge in [-0.05, 0) is 30.4 Å². The Bertz CT molecular complexity index is 784. The van der Waals surface area contributed by atoms with Crippen molar-refractivity contribution in [1.82, 2.24) is 25.6 Å². The van der Waals surface area contributed by atoms with Crippen LogP contribution in [0.3, 0.4) is 0 Å². The highest BCUT2D eigenvalue weighted by molar-refractivity contribution is 5.71. The Hall–Kier alpha value is -2.59. The zero-order valence-corrected chi connectivity index (χ0v) is 16.7. The molecule has 10 nitrogen and oxygen atoms in total. The lowest BCUT2D eigenvalue weighted by molar-refractivity contribution is -0.143. The van der Waals surface area contributed by atoms with Crippen LogP contribution in [-0.4, -0.2) is 73.2 Å². The van der Waals surface area contributed by atoms with Gasteiger partial charge in [-0.2, -0.15) is 5.21 Å². The molecule has 1 aliphatic heterocycles. The zero-order valence-electron chi connectivity index (χ0n) is 16.7. The van der Waals surface area contributed by atoms with Gasteiger partial charge < -0.3 is 20.2 Å². The number of nitrogens with one attached hydrogen (secondary N) is 1. The van der Waals surface area contributed by atoms with Crippen LogP contribution >= 0.6 is 0 Å². The van der Waals surface area contributed by atoms with Crippen LogP contribution in [0.25, 0.3) is 0 Å². The van der Waals surface area contributed by atoms with Crippen LogP contribution in [0.5, 0.6) is 0 Å². The fraction of sp³-hybridized carbons (Fsp3) is 0.632. The normalized spacial score (nSPS) is 17.8. The van der Waals surface area contributed by atoms with Crippen LogP contribution in [0.4, 0.5) is 5.82 Å². The molecule has 0 spiro atoms. The molecule has 158 valence electrons. The number of rotatable bonds is 10. The fourth-order valence-electron chi connectivity index (χ4n) is 3.84. The summed E-state index contributed by atoms with van der Waals surface area (Å²) in [6.07, 6.45) is 2.68. The highest BCUT2D eigenvalue weighted by Gasteiger charge is 2.42. The summed E-state index contributed by atoms with van der Waals surface area (Å²) in [5.41, 5.74) is 0.421. The molecule has 29 heavy (non-hydrogen) atoms. The van der Waals surface area contributed by atoms with Gasteiger partial charge in [-0.1, -0.05) is 25.1 Å². The van der Waals surface area contributed by atoms with Gasteiger partial charge in [0.05, 0.1) is 24.5 Å². The van der Waals surface area contributed by atoms with E-state index >= 15 is 0 Å². The van der Waals surface area contributed by atoms with Gasteiger partial charge in [-0.15, -0.1) is 10.2 Å². The van der Waals surface area contributed by atoms with Crippen molar-refractivity contribution in [2.45, 2.75) is 32.6 Å². The van der Waals surface area contributed by atoms with Crippen molar-refractivity contribution in [1.29, 1.82) is 0 Å². The number of nitrogens with zero attached hydrogens (tertiary/aromatic N) is 5. The second kappa shape index (κ2) is 8.83. The number of pyridine rings is 1. The third-order valence-electron chi connectivity index (χ3n) is 5.53. The van der Waals surface area contributed by atoms with Crippen molar-refractivity contribution in [2.24, 2.45) is 17.3 Å². The lowest BCUT2D eigenvalue weighted by Crippen LogP contribution is -2.60. The first-order valence-corrected chi connectivity index (χ1v) is 9.75. The molecule has 2 aromatic rings. The molecule has 4 N–H and O–H groups in total. The number of carboxylic acid groups (broad SMARTS) is 1. The maximum Gasteiger partial charge on any atom is 0.307 e. The summed E-state index contributed by atoms with van der Waals surface area (Å²) in [7, 11) is 0. The van der Waals surface area contributed by atoms with E-state index in [2.05, 4.69) is 25.6 Å². The predicted molar refractivity (Wildman–Crippen MR) is 104 cm³/mol. The van der Waals surface area contributed by atoms with Gasteiger partial charge in [0.1, 0.15) is 5.82 Å². The van der Waals surface area contributed by atoms with Crippen molar-refractivity contribution in [3.63, 3.8) is 0 Å². The molecule has 0 bridgehead atoms. The number of aliphatic hydroxyl groups excluding tert-OH is 2. The molecule has 0 radical (unpaired) electrons. The summed E-state index contributed by atoms with van der Waals surface area (Å²) in [5, 5.41) is 42.7. The predicted octanol–water partition coefficient (Wildman–Crippen LogP) is 0.459. The van der Waals surface area contributed by atoms with E-state index in [9.17, 15) is 20.1 Å². The van der Waals surface area contributed by atoms with E-state index in [1.165, 1.54) is 0 Å². The van der Waals surface area contributed by atoms with E-state index < -0.39 is 23.2 Å². The van der Waals surface area contributed by atoms with E-state index in [1.54, 1.807) is 6.20 Å². The van der Waals surface area contributed by atoms with Crippen LogP contribution in [0.1, 0.15) is 37.6 Å². The number of H-pyrrole nitrogens is 1. The molecule has 0 aliphatic carbocycles. The summed E-state index contributed by atoms with van der Waals surface area (Å²) in [4.78, 5) is 18.4. The number of tetrazole rings is 1. The highest BCUT2D eigenvalue weighted by atomic mass is 16.4. The Morgan fingerprint density at radius 1 is 1.28 bits per heavy atom. The number of hydrogen-bond acceptors (Lipinski definition) is 8. The van der Waals surface area contributed by atoms with Crippen molar-refractivity contribution < 1.29 is 20.1 Å². The Kier molecular flexibility index (Phi) is 6.43. The third-order valence-corrected chi connectivity index (χ3v) is 5.53. The lowest BCUT2D eigenvalue weighted by Gasteiger charge is -2.48. The number of aromatic amines is 1. The highest BCUT2D eigenvalue weighted by Crippen LogP contribution is 2.34. The first-order valence-electron chi connectivity index (χ1n) is 9.75. The van der Waals surface area contributed by atoms with Gasteiger partial charge >= 0.3 is 5.97 Å². The smallest absolute Gasteiger partial charge is 0.307 e. The molecular weight excluding hydrogens is 376 g/mol. The first kappa shape index (κ1) is 21.1. The molecule has 2 aromatic heterocycles. The molecule has 2 atom stereocenters. The van der Waals surface area contributed by atoms with E-state index in [0.717, 1.165) is 11.4 Å². The number of anilines is 1. The van der Waals surface area contributed by atoms with Gasteiger partial charge in [0, 0.05) is 25.2 Å². The molecular formula is C19H28N6O4. The van der Waals surface area contributed by atoms with E-state index in [-0.39, 0.29) is 19.1 Å². The maximum atomic E-state index is 11.9. The minimum absolute atomic E-state index is 0.0586. The van der Waals surface area contributed by atoms with Gasteiger partial charge in [-0.25, -0.2) is 4.98 Å². The molecule has 0 saturated carbocycles. The third kappa shape index (κ3) is 4.70. The van der Waals surface area contributed by atoms with Crippen molar-refractivity contribution in [3.8, 4) is 0 Å². The second-order valence-corrected chi connectivity index (χ2v) is 8.35. The van der Waals surface area contributed by atoms with Crippen molar-refractivity contribution >= 4 is 11.8 Å². The number of aliphatic hydroxyl groups is 2. The van der Waals surface area contributed by atoms with Gasteiger partial charge in [0.25, 0.3) is 0 Å². The Labute approximate surface area is 169 Å². The topological polar surface area (TPSA) is 148 Å². The monoisotopic (exact) mass is 404 g/mol. The quantitative estimate of drug-likeness (QED) is 0.443. The molecule has 0 unspecified atom stereocenters. The van der Waals surface area contributed by atoms with Crippen LogP contribution in [0.2, 0.25) is 0 Å². The summed E-state index contributed by atoms with van der Waals surface area (Å²) in [6.45, 7) is 4.96. The van der Waals surface area contributed by atoms with Gasteiger partial charge in [0.2, 0.25) is 0 Å². The largest absolute Gasteiger partial charge is 0.481 e. The van der Waals surface area contributed by atoms with Crippen LogP contribution in [0, 0.1) is 17.3 Å². The summed E-state index contributed by atoms with van der Waals surface area (Å²) >= 11 is 0. The Balaban J connectivity index is 1.74. The fourth-order valence-corrected chi connectivity index (χ4v) is 3.84. The van der Waals surface area contributed by atoms with Crippen LogP contribution in [-0.2, 0) is 11.2 Å². The number of carbonyl (C=O) groups is 1. The van der Waals surface area contributed by atoms with Crippen molar-refractivity contribution in [2.75, 3.05) is 31.2 Å². The van der Waals surface area contributed by atoms with Gasteiger partial charge in [0.15, 0.2) is 5.82 Å². The molecule has 1 fully saturated rings. The Morgan fingerprint density at radius 3 is 2.48 bits per heavy atom. The van der Waals surface area contributed by atoms with E-state index in [1.807, 2.05) is 30.9 Å². The molecule has 1 aliphatic rings. The Morgan fingerprint density at radius 2 is 2.00 bits per heavy atom. The van der Waals surface area contributed by atoms with Crippen LogP contribution < -0.4 is 4.90 Å². The SMILES string of the molecule is CC(C)C[C@H](C(=O)O)[C@H](Cc1ccc(N2CC(CO)(CO)C2)nc1)c1nn[nH]n1. The second-order valence-electron chi connectivity index (χ2n) is 8.35. The number of carboxylic acids is 1. The molecule has 3 heterocycles. The van der Waals surface area contributed by atoms with Gasteiger partial charge in [-0.3, -0.25) is 4.79 Å². The number of hydrogen-bond donors (Lipinski definition) is 4. The first-order chi connectivity index (χ1) is 13.9. The van der Waals surface area contributed by atoms with Crippen LogP contribution in [0.15, 0.2) is 18.3 Å². The molecule has 0 amide bonds. The summed E-state index contributed by atoms with van der Waals surface area (Å²) < 4.78 is 0. The summed E-state index contributed by atoms with van der Waals surface area (Å²) in [6, 6.07) is 3.79. The lowest BCUT2D eigenvalue weighted by atomic mass is 9.81. The molecule has 3 rings (SSSR count). The number of aromatic nitrogens is 5. The molecule has 1 saturated heterocycles. The molecule has 0 aromatic carbocycles. The zero-order chi connectivity index (χ0) is 21.0. The molecule has 10 heteroatoms. The number of aliphatic carboxylic acids is 1. The average molecular weight is 404 g/mol. The van der Waals surface area contributed by atoms with E-state index in [4.69, 9.17) is 0 Å². The minimum atomic E-state index is -0.872. The van der Waals surface area contributed by atoms with E-state index in [0.29, 0.717) is 31.8 Å². The summed E-state index contributed by atoms with van der Waals surface area (Å²) in [5.74, 6) is -0.544. The standard InChI is InChI=1S/C19H28N6O4/c1-12(2)5-15(18(28)29)14(17-21-23-24-22-17)6-13-3-4-16(20-7-13)25-8-19(9-25,10-26)11-27/h3-4,7,12,14-15,26-27H,5-6,8-11H2,1-2H3,(H,28,29)(H,21,22,23,24)/t14-,15-/m0/s1. The minimum Gasteiger partial charge on any atom is -0.481 e. The maximum absolute atomic E-state index is 11.9. The van der Waals surface area contributed by atoms with Crippen molar-refractivity contribution in [3.05, 3.63) is 29.7 Å².